The van der Waals surface area contributed by atoms with Gasteiger partial charge in [-0.3, -0.25) is 4.79 Å². The summed E-state index contributed by atoms with van der Waals surface area (Å²) < 4.78 is 24.9. The first kappa shape index (κ1) is 19.9. The van der Waals surface area contributed by atoms with Crippen LogP contribution < -0.4 is 4.74 Å². The maximum Gasteiger partial charge on any atom is 0.417 e. The van der Waals surface area contributed by atoms with Gasteiger partial charge in [0.05, 0.1) is 6.61 Å². The molecule has 5 nitrogen and oxygen atoms in total. The van der Waals surface area contributed by atoms with Crippen LogP contribution in [0, 0.1) is 5.82 Å². The van der Waals surface area contributed by atoms with Crippen molar-refractivity contribution in [3.63, 3.8) is 0 Å². The van der Waals surface area contributed by atoms with Crippen LogP contribution in [0.1, 0.15) is 43.4 Å². The van der Waals surface area contributed by atoms with Crippen LogP contribution in [0.5, 0.6) is 5.75 Å². The molecule has 0 N–H and O–H groups in total. The summed E-state index contributed by atoms with van der Waals surface area (Å²) in [5.74, 6) is -0.308. The normalized spacial score (nSPS) is 16.1. The van der Waals surface area contributed by atoms with Crippen LogP contribution in [0.25, 0.3) is 0 Å². The number of unbranched alkanes of at least 4 members (excludes halogenated alkanes) is 1. The van der Waals surface area contributed by atoms with Crippen molar-refractivity contribution in [2.45, 2.75) is 38.6 Å². The Morgan fingerprint density at radius 2 is 2.04 bits per heavy atom. The van der Waals surface area contributed by atoms with Gasteiger partial charge < -0.3 is 9.47 Å². The van der Waals surface area contributed by atoms with Crippen LogP contribution in [0.3, 0.4) is 0 Å². The van der Waals surface area contributed by atoms with Crippen LogP contribution in [0.15, 0.2) is 48.5 Å². The molecule has 0 saturated carbocycles. The van der Waals surface area contributed by atoms with Crippen molar-refractivity contribution in [1.29, 1.82) is 0 Å². The molecule has 0 radical (unpaired) electrons. The molecule has 1 aliphatic rings. The molecular weight excluding hydrogens is 361 g/mol. The summed E-state index contributed by atoms with van der Waals surface area (Å²) in [7, 11) is 0. The number of nitrogens with zero attached hydrogens (tertiary/aromatic N) is 1. The highest BCUT2D eigenvalue weighted by Crippen LogP contribution is 2.28. The Hall–Kier alpha value is -2.89. The Kier molecular flexibility index (Phi) is 6.63. The maximum atomic E-state index is 14.3. The highest BCUT2D eigenvalue weighted by molar-refractivity contribution is 5.93. The van der Waals surface area contributed by atoms with E-state index in [1.165, 1.54) is 6.07 Å². The summed E-state index contributed by atoms with van der Waals surface area (Å²) >= 11 is 0. The molecule has 148 valence electrons. The topological polar surface area (TPSA) is 55.8 Å². The number of rotatable bonds is 8. The van der Waals surface area contributed by atoms with Gasteiger partial charge in [-0.25, -0.2) is 14.1 Å². The molecule has 28 heavy (non-hydrogen) atoms. The first-order valence-electron chi connectivity index (χ1n) is 9.55. The van der Waals surface area contributed by atoms with Gasteiger partial charge in [-0.05, 0) is 30.0 Å². The number of amides is 2. The third-order valence-electron chi connectivity index (χ3n) is 4.73. The number of carbonyl (C=O) groups excluding carboxylic acids is 2. The van der Waals surface area contributed by atoms with Gasteiger partial charge >= 0.3 is 6.09 Å². The molecule has 3 rings (SSSR count). The molecule has 1 heterocycles. The number of ether oxygens (including phenoxy) is 2. The molecule has 0 unspecified atom stereocenters. The molecule has 2 aromatic rings. The van der Waals surface area contributed by atoms with E-state index in [0.717, 1.165) is 23.3 Å². The lowest BCUT2D eigenvalue weighted by Gasteiger charge is -2.20. The average Bonchev–Trinajstić information content (AvgIpc) is 3.09. The van der Waals surface area contributed by atoms with Gasteiger partial charge in [0.25, 0.3) is 0 Å². The van der Waals surface area contributed by atoms with Crippen LogP contribution in [-0.4, -0.2) is 30.1 Å². The number of carbonyl (C=O) groups is 2. The van der Waals surface area contributed by atoms with Gasteiger partial charge in [0.1, 0.15) is 24.2 Å². The van der Waals surface area contributed by atoms with E-state index in [9.17, 15) is 14.0 Å². The Balaban J connectivity index is 1.62. The SMILES string of the molecule is CCCCOc1ccc(CCC(=O)N2C(=O)OC[C@H]2c2ccccc2)c(F)c1. The first-order valence-corrected chi connectivity index (χ1v) is 9.55. The van der Waals surface area contributed by atoms with E-state index in [1.807, 2.05) is 30.3 Å². The van der Waals surface area contributed by atoms with Crippen molar-refractivity contribution in [2.24, 2.45) is 0 Å². The molecule has 2 aromatic carbocycles. The smallest absolute Gasteiger partial charge is 0.417 e. The molecule has 1 aliphatic heterocycles. The predicted molar refractivity (Wildman–Crippen MR) is 103 cm³/mol. The van der Waals surface area contributed by atoms with Crippen molar-refractivity contribution in [3.8, 4) is 5.75 Å². The largest absolute Gasteiger partial charge is 0.493 e. The van der Waals surface area contributed by atoms with Gasteiger partial charge in [0.2, 0.25) is 5.91 Å². The first-order chi connectivity index (χ1) is 13.6. The third-order valence-corrected chi connectivity index (χ3v) is 4.73. The number of hydrogen-bond acceptors (Lipinski definition) is 4. The standard InChI is InChI=1S/C22H24FNO4/c1-2-3-13-27-18-11-9-16(19(23)14-18)10-12-21(25)24-20(15-28-22(24)26)17-7-5-4-6-8-17/h4-9,11,14,20H,2-3,10,12-13,15H2,1H3/t20-/m0/s1. The van der Waals surface area contributed by atoms with Crippen molar-refractivity contribution >= 4 is 12.0 Å². The Morgan fingerprint density at radius 1 is 1.25 bits per heavy atom. The van der Waals surface area contributed by atoms with E-state index in [2.05, 4.69) is 6.92 Å². The van der Waals surface area contributed by atoms with E-state index in [0.29, 0.717) is 17.9 Å². The zero-order valence-electron chi connectivity index (χ0n) is 15.9. The molecule has 0 aliphatic carbocycles. The molecule has 6 heteroatoms. The minimum Gasteiger partial charge on any atom is -0.493 e. The van der Waals surface area contributed by atoms with Gasteiger partial charge in [-0.2, -0.15) is 0 Å². The fraction of sp³-hybridized carbons (Fsp3) is 0.364. The van der Waals surface area contributed by atoms with Crippen LogP contribution in [-0.2, 0) is 16.0 Å². The Bertz CT molecular complexity index is 825. The van der Waals surface area contributed by atoms with Crippen molar-refractivity contribution in [2.75, 3.05) is 13.2 Å². The van der Waals surface area contributed by atoms with E-state index < -0.39 is 18.0 Å². The molecule has 1 fully saturated rings. The number of cyclic esters (lactones) is 1. The molecule has 2 amide bonds. The predicted octanol–water partition coefficient (Wildman–Crippen LogP) is 4.66. The monoisotopic (exact) mass is 385 g/mol. The third kappa shape index (κ3) is 4.68. The van der Waals surface area contributed by atoms with Gasteiger partial charge in [-0.15, -0.1) is 0 Å². The quantitative estimate of drug-likeness (QED) is 0.621. The van der Waals surface area contributed by atoms with Crippen LogP contribution in [0.2, 0.25) is 0 Å². The second kappa shape index (κ2) is 9.35. The average molecular weight is 385 g/mol. The van der Waals surface area contributed by atoms with E-state index in [1.54, 1.807) is 12.1 Å². The minimum atomic E-state index is -0.654. The maximum absolute atomic E-state index is 14.3. The van der Waals surface area contributed by atoms with Crippen LogP contribution in [0.4, 0.5) is 9.18 Å². The Morgan fingerprint density at radius 3 is 2.75 bits per heavy atom. The van der Waals surface area contributed by atoms with E-state index in [-0.39, 0.29) is 25.4 Å². The molecule has 0 bridgehead atoms. The second-order valence-electron chi connectivity index (χ2n) is 6.72. The van der Waals surface area contributed by atoms with Crippen LogP contribution >= 0.6 is 0 Å². The number of aryl methyl sites for hydroxylation is 1. The fourth-order valence-electron chi connectivity index (χ4n) is 3.13. The number of hydrogen-bond donors (Lipinski definition) is 0. The van der Waals surface area contributed by atoms with Crippen molar-refractivity contribution in [1.82, 2.24) is 4.90 Å². The Labute approximate surface area is 164 Å². The van der Waals surface area contributed by atoms with Crippen molar-refractivity contribution in [3.05, 3.63) is 65.5 Å². The van der Waals surface area contributed by atoms with Gasteiger partial charge in [-0.1, -0.05) is 49.7 Å². The zero-order valence-corrected chi connectivity index (χ0v) is 15.9. The lowest BCUT2D eigenvalue weighted by molar-refractivity contribution is -0.129. The summed E-state index contributed by atoms with van der Waals surface area (Å²) in [6.45, 7) is 2.74. The van der Waals surface area contributed by atoms with E-state index >= 15 is 0 Å². The van der Waals surface area contributed by atoms with E-state index in [4.69, 9.17) is 9.47 Å². The molecule has 1 atom stereocenters. The molecule has 1 saturated heterocycles. The molecule has 0 aromatic heterocycles. The highest BCUT2D eigenvalue weighted by atomic mass is 19.1. The summed E-state index contributed by atoms with van der Waals surface area (Å²) in [5.41, 5.74) is 1.25. The fourth-order valence-corrected chi connectivity index (χ4v) is 3.13. The van der Waals surface area contributed by atoms with Gasteiger partial charge in [0.15, 0.2) is 0 Å². The minimum absolute atomic E-state index is 0.0192. The second-order valence-corrected chi connectivity index (χ2v) is 6.72. The molecule has 0 spiro atoms. The number of imide groups is 1. The lowest BCUT2D eigenvalue weighted by atomic mass is 10.1. The summed E-state index contributed by atoms with van der Waals surface area (Å²) in [4.78, 5) is 25.8. The van der Waals surface area contributed by atoms with Crippen molar-refractivity contribution < 1.29 is 23.5 Å². The number of benzene rings is 2. The summed E-state index contributed by atoms with van der Waals surface area (Å²) in [6, 6.07) is 13.5. The summed E-state index contributed by atoms with van der Waals surface area (Å²) in [5, 5.41) is 0. The lowest BCUT2D eigenvalue weighted by Crippen LogP contribution is -2.34. The van der Waals surface area contributed by atoms with Gasteiger partial charge in [0, 0.05) is 12.5 Å². The number of halogens is 1. The highest BCUT2D eigenvalue weighted by Gasteiger charge is 2.38. The molecular formula is C22H24FNO4. The zero-order chi connectivity index (χ0) is 19.9. The summed E-state index contributed by atoms with van der Waals surface area (Å²) in [6.07, 6.45) is 1.48.